The molecule has 0 bridgehead atoms. The van der Waals surface area contributed by atoms with Gasteiger partial charge in [-0.15, -0.1) is 0 Å². The van der Waals surface area contributed by atoms with Gasteiger partial charge in [0, 0.05) is 25.3 Å². The molecule has 0 atom stereocenters. The maximum Gasteiger partial charge on any atom is 0.233 e. The van der Waals surface area contributed by atoms with Crippen LogP contribution in [0.25, 0.3) is 0 Å². The Hall–Kier alpha value is -2.43. The summed E-state index contributed by atoms with van der Waals surface area (Å²) in [5, 5.41) is 3.44. The number of carbonyl (C=O) groups excluding carboxylic acids is 1. The molecule has 1 aromatic carbocycles. The van der Waals surface area contributed by atoms with Gasteiger partial charge in [0.15, 0.2) is 0 Å². The highest BCUT2D eigenvalue weighted by molar-refractivity contribution is 5.91. The number of piperidine rings is 1. The Bertz CT molecular complexity index is 692. The monoisotopic (exact) mass is 322 g/mol. The smallest absolute Gasteiger partial charge is 0.233 e. The average molecular weight is 322 g/mol. The number of hydrogen-bond donors (Lipinski definition) is 1. The van der Waals surface area contributed by atoms with Crippen molar-refractivity contribution in [1.29, 1.82) is 0 Å². The summed E-state index contributed by atoms with van der Waals surface area (Å²) >= 11 is 0. The van der Waals surface area contributed by atoms with Crippen molar-refractivity contribution in [3.8, 4) is 0 Å². The number of likely N-dealkylation sites (tertiary alicyclic amines) is 1. The van der Waals surface area contributed by atoms with E-state index in [-0.39, 0.29) is 5.41 Å². The molecule has 1 aromatic heterocycles. The van der Waals surface area contributed by atoms with Crippen molar-refractivity contribution in [2.45, 2.75) is 37.1 Å². The highest BCUT2D eigenvalue weighted by Crippen LogP contribution is 2.49. The molecule has 124 valence electrons. The fraction of sp³-hybridized carbons (Fsp3) is 0.421. The van der Waals surface area contributed by atoms with Crippen molar-refractivity contribution < 1.29 is 4.79 Å². The Morgan fingerprint density at radius 1 is 1.12 bits per heavy atom. The van der Waals surface area contributed by atoms with Gasteiger partial charge in [-0.25, -0.2) is 9.97 Å². The topological polar surface area (TPSA) is 58.1 Å². The Labute approximate surface area is 142 Å². The second kappa shape index (κ2) is 6.23. The number of anilines is 1. The lowest BCUT2D eigenvalue weighted by Crippen LogP contribution is -2.46. The summed E-state index contributed by atoms with van der Waals surface area (Å²) in [4.78, 5) is 23.2. The van der Waals surface area contributed by atoms with E-state index in [4.69, 9.17) is 0 Å². The van der Waals surface area contributed by atoms with E-state index in [1.807, 2.05) is 24.3 Å². The second-order valence-electron chi connectivity index (χ2n) is 6.75. The van der Waals surface area contributed by atoms with Crippen molar-refractivity contribution in [3.05, 3.63) is 54.5 Å². The molecule has 1 saturated carbocycles. The molecule has 1 N–H and O–H groups in total. The molecule has 4 rings (SSSR count). The van der Waals surface area contributed by atoms with Gasteiger partial charge in [-0.1, -0.05) is 30.3 Å². The normalized spacial score (nSPS) is 19.8. The first-order valence-corrected chi connectivity index (χ1v) is 8.65. The molecule has 1 aliphatic carbocycles. The Kier molecular flexibility index (Phi) is 3.92. The van der Waals surface area contributed by atoms with Gasteiger partial charge in [0.1, 0.15) is 12.1 Å². The maximum atomic E-state index is 13.0. The predicted octanol–water partition coefficient (Wildman–Crippen LogP) is 2.61. The van der Waals surface area contributed by atoms with Crippen molar-refractivity contribution in [1.82, 2.24) is 14.9 Å². The van der Waals surface area contributed by atoms with Gasteiger partial charge in [-0.2, -0.15) is 0 Å². The van der Waals surface area contributed by atoms with E-state index in [0.717, 1.165) is 44.6 Å². The number of amides is 1. The van der Waals surface area contributed by atoms with E-state index < -0.39 is 0 Å². The number of benzene rings is 1. The molecule has 24 heavy (non-hydrogen) atoms. The zero-order valence-corrected chi connectivity index (χ0v) is 13.7. The number of rotatable bonds is 4. The van der Waals surface area contributed by atoms with Crippen molar-refractivity contribution in [3.63, 3.8) is 0 Å². The lowest BCUT2D eigenvalue weighted by atomic mass is 9.93. The van der Waals surface area contributed by atoms with Gasteiger partial charge in [0.2, 0.25) is 5.91 Å². The average Bonchev–Trinajstić information content (AvgIpc) is 3.45. The SMILES string of the molecule is O=C(N1CCC(Nc2ccncn2)CC1)C1(c2ccccc2)CC1. The number of nitrogens with one attached hydrogen (secondary N) is 1. The number of hydrogen-bond acceptors (Lipinski definition) is 4. The zero-order valence-electron chi connectivity index (χ0n) is 13.7. The van der Waals surface area contributed by atoms with E-state index in [1.54, 1.807) is 12.5 Å². The van der Waals surface area contributed by atoms with Crippen LogP contribution in [0.4, 0.5) is 5.82 Å². The van der Waals surface area contributed by atoms with Crippen molar-refractivity contribution in [2.24, 2.45) is 0 Å². The van der Waals surface area contributed by atoms with Crippen LogP contribution in [-0.4, -0.2) is 39.9 Å². The molecule has 1 amide bonds. The molecule has 0 spiro atoms. The van der Waals surface area contributed by atoms with E-state index >= 15 is 0 Å². The summed E-state index contributed by atoms with van der Waals surface area (Å²) in [5.74, 6) is 1.17. The second-order valence-corrected chi connectivity index (χ2v) is 6.75. The van der Waals surface area contributed by atoms with E-state index in [9.17, 15) is 4.79 Å². The van der Waals surface area contributed by atoms with Crippen LogP contribution in [0.3, 0.4) is 0 Å². The van der Waals surface area contributed by atoms with E-state index in [1.165, 1.54) is 5.56 Å². The summed E-state index contributed by atoms with van der Waals surface area (Å²) < 4.78 is 0. The van der Waals surface area contributed by atoms with E-state index in [0.29, 0.717) is 11.9 Å². The van der Waals surface area contributed by atoms with Gasteiger partial charge < -0.3 is 10.2 Å². The minimum absolute atomic E-state index is 0.242. The molecular weight excluding hydrogens is 300 g/mol. The Morgan fingerprint density at radius 2 is 1.88 bits per heavy atom. The standard InChI is InChI=1S/C19H22N4O/c24-18(19(9-10-19)15-4-2-1-3-5-15)23-12-7-16(8-13-23)22-17-6-11-20-14-21-17/h1-6,11,14,16H,7-10,12-13H2,(H,20,21,22). The van der Waals surface area contributed by atoms with Gasteiger partial charge >= 0.3 is 0 Å². The summed E-state index contributed by atoms with van der Waals surface area (Å²) in [7, 11) is 0. The molecule has 0 unspecified atom stereocenters. The summed E-state index contributed by atoms with van der Waals surface area (Å²) in [6.45, 7) is 1.63. The zero-order chi connectivity index (χ0) is 16.4. The van der Waals surface area contributed by atoms with Crippen LogP contribution in [0.1, 0.15) is 31.2 Å². The molecular formula is C19H22N4O. The van der Waals surface area contributed by atoms with Crippen LogP contribution in [0.5, 0.6) is 0 Å². The quantitative estimate of drug-likeness (QED) is 0.940. The summed E-state index contributed by atoms with van der Waals surface area (Å²) in [6.07, 6.45) is 7.17. The molecule has 5 heteroatoms. The summed E-state index contributed by atoms with van der Waals surface area (Å²) in [6, 6.07) is 12.5. The van der Waals surface area contributed by atoms with Crippen LogP contribution in [0.2, 0.25) is 0 Å². The third kappa shape index (κ3) is 2.86. The fourth-order valence-electron chi connectivity index (χ4n) is 3.62. The Balaban J connectivity index is 1.37. The largest absolute Gasteiger partial charge is 0.367 e. The molecule has 2 aliphatic rings. The third-order valence-electron chi connectivity index (χ3n) is 5.20. The number of carbonyl (C=O) groups is 1. The minimum atomic E-state index is -0.242. The highest BCUT2D eigenvalue weighted by Gasteiger charge is 2.53. The molecule has 1 saturated heterocycles. The number of nitrogens with zero attached hydrogens (tertiary/aromatic N) is 3. The van der Waals surface area contributed by atoms with Gasteiger partial charge in [-0.3, -0.25) is 4.79 Å². The van der Waals surface area contributed by atoms with Crippen LogP contribution in [0.15, 0.2) is 48.9 Å². The van der Waals surface area contributed by atoms with Gasteiger partial charge in [0.05, 0.1) is 5.41 Å². The molecule has 0 radical (unpaired) electrons. The first-order valence-electron chi connectivity index (χ1n) is 8.65. The molecule has 2 heterocycles. The highest BCUT2D eigenvalue weighted by atomic mass is 16.2. The molecule has 2 fully saturated rings. The summed E-state index contributed by atoms with van der Waals surface area (Å²) in [5.41, 5.74) is 0.935. The van der Waals surface area contributed by atoms with E-state index in [2.05, 4.69) is 32.3 Å². The predicted molar refractivity (Wildman–Crippen MR) is 92.6 cm³/mol. The van der Waals surface area contributed by atoms with Crippen LogP contribution in [0, 0.1) is 0 Å². The minimum Gasteiger partial charge on any atom is -0.367 e. The molecule has 5 nitrogen and oxygen atoms in total. The van der Waals surface area contributed by atoms with Crippen molar-refractivity contribution >= 4 is 11.7 Å². The maximum absolute atomic E-state index is 13.0. The van der Waals surface area contributed by atoms with Crippen molar-refractivity contribution in [2.75, 3.05) is 18.4 Å². The lowest BCUT2D eigenvalue weighted by Gasteiger charge is -2.35. The van der Waals surface area contributed by atoms with Gasteiger partial charge in [-0.05, 0) is 37.3 Å². The van der Waals surface area contributed by atoms with Crippen LogP contribution >= 0.6 is 0 Å². The first-order chi connectivity index (χ1) is 11.8. The Morgan fingerprint density at radius 3 is 2.50 bits per heavy atom. The van der Waals surface area contributed by atoms with Crippen LogP contribution < -0.4 is 5.32 Å². The van der Waals surface area contributed by atoms with Crippen LogP contribution in [-0.2, 0) is 10.2 Å². The third-order valence-corrected chi connectivity index (χ3v) is 5.20. The number of aromatic nitrogens is 2. The first kappa shape index (κ1) is 15.1. The fourth-order valence-corrected chi connectivity index (χ4v) is 3.62. The molecule has 1 aliphatic heterocycles. The lowest BCUT2D eigenvalue weighted by molar-refractivity contribution is -0.134. The van der Waals surface area contributed by atoms with Gasteiger partial charge in [0.25, 0.3) is 0 Å². The molecule has 2 aromatic rings.